The first kappa shape index (κ1) is 18.5. The molecule has 28 heavy (non-hydrogen) atoms. The Kier molecular flexibility index (Phi) is 5.31. The second-order valence-electron chi connectivity index (χ2n) is 5.98. The fourth-order valence-corrected chi connectivity index (χ4v) is 4.51. The summed E-state index contributed by atoms with van der Waals surface area (Å²) < 4.78 is 12.4. The van der Waals surface area contributed by atoms with Crippen LogP contribution in [0.3, 0.4) is 0 Å². The number of hydrogen-bond donors (Lipinski definition) is 0. The van der Waals surface area contributed by atoms with E-state index in [2.05, 4.69) is 4.98 Å². The molecule has 0 aliphatic carbocycles. The maximum Gasteiger partial charge on any atom is 0.337 e. The van der Waals surface area contributed by atoms with Crippen molar-refractivity contribution in [2.75, 3.05) is 7.11 Å². The van der Waals surface area contributed by atoms with Crippen LogP contribution < -0.4 is 5.56 Å². The Morgan fingerprint density at radius 2 is 2.18 bits per heavy atom. The van der Waals surface area contributed by atoms with E-state index in [1.54, 1.807) is 29.0 Å². The normalized spacial score (nSPS) is 11.0. The standard InChI is InChI=1S/C20H16N2O4S2/c1-25-19(24)14-5-2-4-13(10-14)12-28-20-21-16-7-9-27-17(16)18(23)22(20)11-15-6-3-8-26-15/h2-10H,11-12H2,1H3. The van der Waals surface area contributed by atoms with Crippen molar-refractivity contribution in [3.63, 3.8) is 0 Å². The molecule has 6 nitrogen and oxygen atoms in total. The van der Waals surface area contributed by atoms with Crippen molar-refractivity contribution >= 4 is 39.3 Å². The zero-order valence-electron chi connectivity index (χ0n) is 15.0. The van der Waals surface area contributed by atoms with Crippen LogP contribution in [0.2, 0.25) is 0 Å². The molecule has 0 saturated heterocycles. The van der Waals surface area contributed by atoms with Crippen LogP contribution in [0.4, 0.5) is 0 Å². The highest BCUT2D eigenvalue weighted by molar-refractivity contribution is 7.98. The molecule has 8 heteroatoms. The summed E-state index contributed by atoms with van der Waals surface area (Å²) >= 11 is 2.83. The summed E-state index contributed by atoms with van der Waals surface area (Å²) in [5, 5.41) is 2.47. The zero-order valence-corrected chi connectivity index (χ0v) is 16.6. The minimum atomic E-state index is -0.376. The highest BCUT2D eigenvalue weighted by Gasteiger charge is 2.15. The van der Waals surface area contributed by atoms with E-state index < -0.39 is 0 Å². The predicted molar refractivity (Wildman–Crippen MR) is 109 cm³/mol. The number of thioether (sulfide) groups is 1. The summed E-state index contributed by atoms with van der Waals surface area (Å²) in [7, 11) is 1.36. The van der Waals surface area contributed by atoms with Crippen LogP contribution >= 0.6 is 23.1 Å². The number of hydrogen-bond acceptors (Lipinski definition) is 7. The molecule has 0 radical (unpaired) electrons. The molecule has 4 rings (SSSR count). The van der Waals surface area contributed by atoms with E-state index in [-0.39, 0.29) is 11.5 Å². The number of rotatable bonds is 6. The van der Waals surface area contributed by atoms with Crippen LogP contribution in [-0.2, 0) is 17.0 Å². The van der Waals surface area contributed by atoms with E-state index in [0.29, 0.717) is 39.0 Å². The minimum absolute atomic E-state index is 0.0813. The molecule has 0 spiro atoms. The van der Waals surface area contributed by atoms with Crippen LogP contribution in [0, 0.1) is 0 Å². The van der Waals surface area contributed by atoms with Gasteiger partial charge in [0.1, 0.15) is 10.5 Å². The van der Waals surface area contributed by atoms with Crippen LogP contribution in [-0.4, -0.2) is 22.6 Å². The molecule has 142 valence electrons. The van der Waals surface area contributed by atoms with Gasteiger partial charge >= 0.3 is 5.97 Å². The number of methoxy groups -OCH3 is 1. The Hall–Kier alpha value is -2.84. The topological polar surface area (TPSA) is 74.3 Å². The Bertz CT molecular complexity index is 1180. The van der Waals surface area contributed by atoms with Crippen molar-refractivity contribution < 1.29 is 13.9 Å². The third-order valence-corrected chi connectivity index (χ3v) is 6.08. The Morgan fingerprint density at radius 3 is 2.96 bits per heavy atom. The second-order valence-corrected chi connectivity index (χ2v) is 7.84. The molecule has 0 aliphatic rings. The fraction of sp³-hybridized carbons (Fsp3) is 0.150. The van der Waals surface area contributed by atoms with Crippen molar-refractivity contribution in [3.05, 3.63) is 81.3 Å². The molecule has 0 N–H and O–H groups in total. The summed E-state index contributed by atoms with van der Waals surface area (Å²) in [4.78, 5) is 29.4. The second kappa shape index (κ2) is 8.04. The van der Waals surface area contributed by atoms with Gasteiger partial charge in [0.2, 0.25) is 0 Å². The summed E-state index contributed by atoms with van der Waals surface area (Å²) in [6.07, 6.45) is 1.59. The lowest BCUT2D eigenvalue weighted by Gasteiger charge is -2.11. The van der Waals surface area contributed by atoms with E-state index in [0.717, 1.165) is 5.56 Å². The fourth-order valence-electron chi connectivity index (χ4n) is 2.79. The number of ether oxygens (including phenoxy) is 1. The van der Waals surface area contributed by atoms with Crippen LogP contribution in [0.15, 0.2) is 68.5 Å². The van der Waals surface area contributed by atoms with Crippen LogP contribution in [0.1, 0.15) is 21.7 Å². The van der Waals surface area contributed by atoms with E-state index in [1.807, 2.05) is 29.6 Å². The number of thiophene rings is 1. The van der Waals surface area contributed by atoms with Gasteiger partial charge in [-0.3, -0.25) is 9.36 Å². The maximum absolute atomic E-state index is 12.9. The highest BCUT2D eigenvalue weighted by atomic mass is 32.2. The summed E-state index contributed by atoms with van der Waals surface area (Å²) in [5.41, 5.74) is 2.05. The first-order valence-corrected chi connectivity index (χ1v) is 10.3. The molecule has 0 saturated carbocycles. The molecule has 1 aromatic carbocycles. The van der Waals surface area contributed by atoms with Crippen molar-refractivity contribution in [1.29, 1.82) is 0 Å². The summed E-state index contributed by atoms with van der Waals surface area (Å²) in [6.45, 7) is 0.317. The van der Waals surface area contributed by atoms with Gasteiger partial charge in [-0.15, -0.1) is 11.3 Å². The average Bonchev–Trinajstić information content (AvgIpc) is 3.40. The van der Waals surface area contributed by atoms with Crippen molar-refractivity contribution in [3.8, 4) is 0 Å². The lowest BCUT2D eigenvalue weighted by molar-refractivity contribution is 0.0600. The Balaban J connectivity index is 1.66. The summed E-state index contributed by atoms with van der Waals surface area (Å²) in [5.74, 6) is 0.874. The van der Waals surface area contributed by atoms with Crippen LogP contribution in [0.5, 0.6) is 0 Å². The van der Waals surface area contributed by atoms with Gasteiger partial charge in [0.25, 0.3) is 5.56 Å². The van der Waals surface area contributed by atoms with E-state index >= 15 is 0 Å². The minimum Gasteiger partial charge on any atom is -0.467 e. The van der Waals surface area contributed by atoms with Crippen molar-refractivity contribution in [2.24, 2.45) is 0 Å². The molecular formula is C20H16N2O4S2. The Morgan fingerprint density at radius 1 is 1.29 bits per heavy atom. The third-order valence-electron chi connectivity index (χ3n) is 4.14. The van der Waals surface area contributed by atoms with Crippen molar-refractivity contribution in [1.82, 2.24) is 9.55 Å². The molecule has 0 amide bonds. The lowest BCUT2D eigenvalue weighted by Crippen LogP contribution is -2.23. The molecule has 0 unspecified atom stereocenters. The number of esters is 1. The van der Waals surface area contributed by atoms with E-state index in [9.17, 15) is 9.59 Å². The van der Waals surface area contributed by atoms with Gasteiger partial charge in [0, 0.05) is 5.75 Å². The Labute approximate surface area is 168 Å². The highest BCUT2D eigenvalue weighted by Crippen LogP contribution is 2.25. The summed E-state index contributed by atoms with van der Waals surface area (Å²) in [6, 6.07) is 12.7. The van der Waals surface area contributed by atoms with Gasteiger partial charge in [-0.2, -0.15) is 0 Å². The third kappa shape index (κ3) is 3.74. The van der Waals surface area contributed by atoms with E-state index in [4.69, 9.17) is 9.15 Å². The van der Waals surface area contributed by atoms with Crippen molar-refractivity contribution in [2.45, 2.75) is 17.5 Å². The molecule has 0 aliphatic heterocycles. The number of carbonyl (C=O) groups excluding carboxylic acids is 1. The number of fused-ring (bicyclic) bond motifs is 1. The van der Waals surface area contributed by atoms with Gasteiger partial charge < -0.3 is 9.15 Å². The SMILES string of the molecule is COC(=O)c1cccc(CSc2nc3ccsc3c(=O)n2Cc2ccco2)c1. The average molecular weight is 412 g/mol. The lowest BCUT2D eigenvalue weighted by atomic mass is 10.1. The predicted octanol–water partition coefficient (Wildman–Crippen LogP) is 4.18. The number of nitrogens with zero attached hydrogens (tertiary/aromatic N) is 2. The smallest absolute Gasteiger partial charge is 0.337 e. The molecule has 0 atom stereocenters. The molecule has 3 heterocycles. The van der Waals surface area contributed by atoms with Gasteiger partial charge in [-0.25, -0.2) is 9.78 Å². The monoisotopic (exact) mass is 412 g/mol. The number of furan rings is 1. The first-order chi connectivity index (χ1) is 13.7. The van der Waals surface area contributed by atoms with Gasteiger partial charge in [-0.05, 0) is 41.3 Å². The van der Waals surface area contributed by atoms with Crippen LogP contribution in [0.25, 0.3) is 10.2 Å². The van der Waals surface area contributed by atoms with Gasteiger partial charge in [-0.1, -0.05) is 23.9 Å². The number of aromatic nitrogens is 2. The van der Waals surface area contributed by atoms with Gasteiger partial charge in [0.05, 0.1) is 31.0 Å². The molecule has 0 bridgehead atoms. The maximum atomic E-state index is 12.9. The largest absolute Gasteiger partial charge is 0.467 e. The quantitative estimate of drug-likeness (QED) is 0.269. The molecular weight excluding hydrogens is 396 g/mol. The van der Waals surface area contributed by atoms with E-state index in [1.165, 1.54) is 30.2 Å². The molecule has 0 fully saturated rings. The number of benzene rings is 1. The number of carbonyl (C=O) groups is 1. The first-order valence-electron chi connectivity index (χ1n) is 8.46. The van der Waals surface area contributed by atoms with Gasteiger partial charge in [0.15, 0.2) is 5.16 Å². The molecule has 4 aromatic rings. The zero-order chi connectivity index (χ0) is 19.5. The molecule has 3 aromatic heterocycles.